The van der Waals surface area contributed by atoms with Crippen LogP contribution >= 0.6 is 11.3 Å². The van der Waals surface area contributed by atoms with Gasteiger partial charge in [-0.05, 0) is 0 Å². The van der Waals surface area contributed by atoms with Gasteiger partial charge in [-0.2, -0.15) is 0 Å². The molecule has 1 aromatic rings. The van der Waals surface area contributed by atoms with Gasteiger partial charge in [-0.3, -0.25) is 0 Å². The van der Waals surface area contributed by atoms with Crippen molar-refractivity contribution in [3.8, 4) is 0 Å². The molecule has 11 heavy (non-hydrogen) atoms. The fraction of sp³-hybridized carbons (Fsp3) is 0.571. The van der Waals surface area contributed by atoms with Gasteiger partial charge < -0.3 is 0 Å². The van der Waals surface area contributed by atoms with E-state index in [4.69, 9.17) is 0 Å². The number of aromatic nitrogens is 1. The summed E-state index contributed by atoms with van der Waals surface area (Å²) in [7, 11) is 0. The number of hydrogen-bond donors (Lipinski definition) is 0. The molecule has 0 radical (unpaired) electrons. The van der Waals surface area contributed by atoms with Gasteiger partial charge in [-0.1, -0.05) is 13.8 Å². The molecule has 0 atom stereocenters. The summed E-state index contributed by atoms with van der Waals surface area (Å²) in [5.74, 6) is 0.243. The molecule has 1 aromatic heterocycles. The van der Waals surface area contributed by atoms with Crippen LogP contribution in [0.15, 0.2) is 5.38 Å². The van der Waals surface area contributed by atoms with E-state index in [1.165, 1.54) is 16.7 Å². The topological polar surface area (TPSA) is 12.9 Å². The minimum absolute atomic E-state index is 0.0984. The number of nitrogens with zero attached hydrogens (tertiary/aromatic N) is 1. The lowest BCUT2D eigenvalue weighted by atomic mass is 10.2. The highest BCUT2D eigenvalue weighted by Crippen LogP contribution is 2.24. The second-order valence-corrected chi connectivity index (χ2v) is 3.46. The van der Waals surface area contributed by atoms with Gasteiger partial charge in [0.25, 0.3) is 6.43 Å². The summed E-state index contributed by atoms with van der Waals surface area (Å²) < 4.78 is 24.0. The van der Waals surface area contributed by atoms with E-state index in [0.717, 1.165) is 5.01 Å². The number of rotatable bonds is 2. The van der Waals surface area contributed by atoms with E-state index in [1.807, 2.05) is 13.8 Å². The molecule has 0 aliphatic rings. The fourth-order valence-corrected chi connectivity index (χ4v) is 1.49. The van der Waals surface area contributed by atoms with Crippen molar-refractivity contribution in [1.29, 1.82) is 0 Å². The van der Waals surface area contributed by atoms with Crippen molar-refractivity contribution in [2.75, 3.05) is 0 Å². The van der Waals surface area contributed by atoms with Crippen molar-refractivity contribution in [3.05, 3.63) is 16.1 Å². The molecule has 4 heteroatoms. The summed E-state index contributed by atoms with van der Waals surface area (Å²) in [6, 6.07) is 0. The quantitative estimate of drug-likeness (QED) is 0.676. The molecule has 0 spiro atoms. The summed E-state index contributed by atoms with van der Waals surface area (Å²) >= 11 is 1.29. The van der Waals surface area contributed by atoms with Crippen molar-refractivity contribution >= 4 is 11.3 Å². The predicted molar refractivity (Wildman–Crippen MR) is 41.2 cm³/mol. The average Bonchev–Trinajstić information content (AvgIpc) is 2.33. The second kappa shape index (κ2) is 3.26. The van der Waals surface area contributed by atoms with Crippen LogP contribution in [0.5, 0.6) is 0 Å². The van der Waals surface area contributed by atoms with E-state index in [1.54, 1.807) is 0 Å². The Morgan fingerprint density at radius 3 is 2.36 bits per heavy atom. The highest BCUT2D eigenvalue weighted by molar-refractivity contribution is 7.09. The van der Waals surface area contributed by atoms with Gasteiger partial charge in [0.2, 0.25) is 0 Å². The monoisotopic (exact) mass is 177 g/mol. The van der Waals surface area contributed by atoms with Crippen molar-refractivity contribution in [1.82, 2.24) is 4.98 Å². The minimum Gasteiger partial charge on any atom is -0.240 e. The maximum Gasteiger partial charge on any atom is 0.281 e. The van der Waals surface area contributed by atoms with Gasteiger partial charge in [-0.15, -0.1) is 11.3 Å². The first-order valence-electron chi connectivity index (χ1n) is 3.34. The Hall–Kier alpha value is -0.510. The molecule has 0 saturated carbocycles. The Morgan fingerprint density at radius 1 is 1.45 bits per heavy atom. The Balaban J connectivity index is 2.82. The maximum atomic E-state index is 12.0. The van der Waals surface area contributed by atoms with E-state index in [9.17, 15) is 8.78 Å². The Bertz CT molecular complexity index is 210. The second-order valence-electron chi connectivity index (χ2n) is 2.57. The number of alkyl halides is 2. The van der Waals surface area contributed by atoms with E-state index in [0.29, 0.717) is 0 Å². The highest BCUT2D eigenvalue weighted by atomic mass is 32.1. The molecule has 62 valence electrons. The molecular weight excluding hydrogens is 168 g/mol. The molecule has 0 fully saturated rings. The van der Waals surface area contributed by atoms with Gasteiger partial charge >= 0.3 is 0 Å². The zero-order chi connectivity index (χ0) is 8.43. The predicted octanol–water partition coefficient (Wildman–Crippen LogP) is 3.20. The van der Waals surface area contributed by atoms with E-state index < -0.39 is 6.43 Å². The molecule has 1 rings (SSSR count). The zero-order valence-corrected chi connectivity index (χ0v) is 7.16. The van der Waals surface area contributed by atoms with Gasteiger partial charge in [-0.25, -0.2) is 13.8 Å². The van der Waals surface area contributed by atoms with E-state index in [2.05, 4.69) is 4.98 Å². The molecule has 0 unspecified atom stereocenters. The van der Waals surface area contributed by atoms with Crippen LogP contribution in [-0.2, 0) is 0 Å². The summed E-state index contributed by atoms with van der Waals surface area (Å²) in [6.07, 6.45) is -2.43. The van der Waals surface area contributed by atoms with Crippen molar-refractivity contribution < 1.29 is 8.78 Å². The summed E-state index contributed by atoms with van der Waals surface area (Å²) in [5, 5.41) is 2.19. The Kier molecular flexibility index (Phi) is 2.54. The smallest absolute Gasteiger partial charge is 0.240 e. The third-order valence-electron chi connectivity index (χ3n) is 1.26. The average molecular weight is 177 g/mol. The van der Waals surface area contributed by atoms with Crippen LogP contribution in [-0.4, -0.2) is 4.98 Å². The van der Waals surface area contributed by atoms with Gasteiger partial charge in [0.1, 0.15) is 5.69 Å². The summed E-state index contributed by atoms with van der Waals surface area (Å²) in [6.45, 7) is 3.88. The highest BCUT2D eigenvalue weighted by Gasteiger charge is 2.12. The van der Waals surface area contributed by atoms with Gasteiger partial charge in [0, 0.05) is 11.3 Å². The first kappa shape index (κ1) is 8.59. The first-order valence-corrected chi connectivity index (χ1v) is 4.22. The summed E-state index contributed by atoms with van der Waals surface area (Å²) in [4.78, 5) is 3.78. The lowest BCUT2D eigenvalue weighted by Gasteiger charge is -1.95. The molecule has 1 heterocycles. The molecule has 0 aliphatic carbocycles. The lowest BCUT2D eigenvalue weighted by Crippen LogP contribution is -1.88. The van der Waals surface area contributed by atoms with Crippen LogP contribution in [0, 0.1) is 0 Å². The van der Waals surface area contributed by atoms with Crippen LogP contribution < -0.4 is 0 Å². The molecule has 0 aromatic carbocycles. The van der Waals surface area contributed by atoms with Crippen molar-refractivity contribution in [2.24, 2.45) is 0 Å². The van der Waals surface area contributed by atoms with E-state index in [-0.39, 0.29) is 11.6 Å². The van der Waals surface area contributed by atoms with Gasteiger partial charge in [0.15, 0.2) is 0 Å². The molecule has 1 nitrogen and oxygen atoms in total. The Morgan fingerprint density at radius 2 is 2.09 bits per heavy atom. The zero-order valence-electron chi connectivity index (χ0n) is 6.34. The summed E-state index contributed by atoms with van der Waals surface area (Å²) in [5.41, 5.74) is -0.0984. The van der Waals surface area contributed by atoms with Crippen LogP contribution in [0.25, 0.3) is 0 Å². The van der Waals surface area contributed by atoms with Crippen LogP contribution in [0.1, 0.15) is 36.9 Å². The standard InChI is InChI=1S/C7H9F2NS/c1-4(2)7-10-5(3-11-7)6(8)9/h3-4,6H,1-2H3. The third kappa shape index (κ3) is 1.96. The molecular formula is C7H9F2NS. The number of hydrogen-bond acceptors (Lipinski definition) is 2. The number of thiazole rings is 1. The minimum atomic E-state index is -2.43. The SMILES string of the molecule is CC(C)c1nc(C(F)F)cs1. The maximum absolute atomic E-state index is 12.0. The lowest BCUT2D eigenvalue weighted by molar-refractivity contribution is 0.146. The van der Waals surface area contributed by atoms with Crippen molar-refractivity contribution in [2.45, 2.75) is 26.2 Å². The van der Waals surface area contributed by atoms with Crippen LogP contribution in [0.2, 0.25) is 0 Å². The molecule has 0 amide bonds. The van der Waals surface area contributed by atoms with Gasteiger partial charge in [0.05, 0.1) is 5.01 Å². The molecule has 0 saturated heterocycles. The fourth-order valence-electron chi connectivity index (χ4n) is 0.666. The van der Waals surface area contributed by atoms with Crippen LogP contribution in [0.4, 0.5) is 8.78 Å². The van der Waals surface area contributed by atoms with E-state index >= 15 is 0 Å². The molecule has 0 bridgehead atoms. The normalized spacial score (nSPS) is 11.5. The number of halogens is 2. The molecule has 0 N–H and O–H groups in total. The Labute approximate surface area is 68.1 Å². The van der Waals surface area contributed by atoms with Crippen molar-refractivity contribution in [3.63, 3.8) is 0 Å². The van der Waals surface area contributed by atoms with Crippen LogP contribution in [0.3, 0.4) is 0 Å². The largest absolute Gasteiger partial charge is 0.281 e. The first-order chi connectivity index (χ1) is 5.11. The third-order valence-corrected chi connectivity index (χ3v) is 2.42. The molecule has 0 aliphatic heterocycles.